The van der Waals surface area contributed by atoms with E-state index in [1.54, 1.807) is 12.1 Å². The third kappa shape index (κ3) is 6.53. The van der Waals surface area contributed by atoms with Crippen molar-refractivity contribution in [1.82, 2.24) is 9.55 Å². The Morgan fingerprint density at radius 2 is 1.55 bits per heavy atom. The molecule has 10 heteroatoms. The zero-order valence-corrected chi connectivity index (χ0v) is 22.8. The lowest BCUT2D eigenvalue weighted by atomic mass is 9.90. The lowest BCUT2D eigenvalue weighted by Gasteiger charge is -2.22. The molecule has 0 spiro atoms. The van der Waals surface area contributed by atoms with E-state index in [4.69, 9.17) is 39.5 Å². The smallest absolute Gasteiger partial charge is 0.161 e. The summed E-state index contributed by atoms with van der Waals surface area (Å²) in [6, 6.07) is 9.94. The molecule has 0 saturated heterocycles. The lowest BCUT2D eigenvalue weighted by molar-refractivity contribution is 0.0796. The fourth-order valence-corrected chi connectivity index (χ4v) is 5.51. The van der Waals surface area contributed by atoms with Crippen LogP contribution < -0.4 is 0 Å². The second kappa shape index (κ2) is 11.1. The summed E-state index contributed by atoms with van der Waals surface area (Å²) in [6.45, 7) is 7.73. The standard InChI is InChI=1S/C23H25Cl3F2N2OSSi/c1-32-23-21(26)29-22(30(23)13-31-9-10-33(2,3)4)20(14-5-7-18(27)16(24)11-14)15-6-8-19(28)17(25)12-15/h5-8,11-12,20H,9-10,13H2,1-4H3. The minimum Gasteiger partial charge on any atom is -0.361 e. The second-order valence-electron chi connectivity index (χ2n) is 8.83. The lowest BCUT2D eigenvalue weighted by Crippen LogP contribution is -2.22. The van der Waals surface area contributed by atoms with Gasteiger partial charge in [-0.1, -0.05) is 66.6 Å². The normalized spacial score (nSPS) is 12.1. The summed E-state index contributed by atoms with van der Waals surface area (Å²) in [5, 5.41) is 1.03. The molecule has 3 rings (SSSR count). The molecule has 0 saturated carbocycles. The van der Waals surface area contributed by atoms with Gasteiger partial charge in [-0.05, 0) is 47.7 Å². The molecule has 0 bridgehead atoms. The molecule has 0 amide bonds. The molecule has 0 fully saturated rings. The summed E-state index contributed by atoms with van der Waals surface area (Å²) in [5.41, 5.74) is 1.34. The number of imidazole rings is 1. The maximum atomic E-state index is 13.9. The van der Waals surface area contributed by atoms with Gasteiger partial charge in [0.05, 0.1) is 16.0 Å². The zero-order valence-electron chi connectivity index (χ0n) is 18.8. The summed E-state index contributed by atoms with van der Waals surface area (Å²) in [5.74, 6) is -1.02. The van der Waals surface area contributed by atoms with Gasteiger partial charge in [0, 0.05) is 14.7 Å². The molecule has 1 heterocycles. The number of halogens is 5. The molecule has 178 valence electrons. The molecule has 33 heavy (non-hydrogen) atoms. The zero-order chi connectivity index (χ0) is 24.3. The number of nitrogens with zero attached hydrogens (tertiary/aromatic N) is 2. The number of aromatic nitrogens is 2. The highest BCUT2D eigenvalue weighted by Crippen LogP contribution is 2.38. The first-order valence-electron chi connectivity index (χ1n) is 10.3. The number of thioether (sulfide) groups is 1. The van der Waals surface area contributed by atoms with E-state index >= 15 is 0 Å². The van der Waals surface area contributed by atoms with Crippen LogP contribution in [0.4, 0.5) is 8.78 Å². The van der Waals surface area contributed by atoms with E-state index in [1.165, 1.54) is 36.0 Å². The van der Waals surface area contributed by atoms with Crippen LogP contribution in [0.1, 0.15) is 22.9 Å². The highest BCUT2D eigenvalue weighted by molar-refractivity contribution is 7.98. The molecule has 0 atom stereocenters. The van der Waals surface area contributed by atoms with Crippen molar-refractivity contribution in [3.63, 3.8) is 0 Å². The largest absolute Gasteiger partial charge is 0.361 e. The van der Waals surface area contributed by atoms with E-state index in [-0.39, 0.29) is 16.8 Å². The van der Waals surface area contributed by atoms with Gasteiger partial charge in [-0.3, -0.25) is 4.57 Å². The molecule has 0 aliphatic heterocycles. The van der Waals surface area contributed by atoms with Crippen LogP contribution in [0.25, 0.3) is 0 Å². The first-order chi connectivity index (χ1) is 15.5. The summed E-state index contributed by atoms with van der Waals surface area (Å²) in [6.07, 6.45) is 1.91. The Balaban J connectivity index is 2.11. The summed E-state index contributed by atoms with van der Waals surface area (Å²) in [7, 11) is -1.26. The molecule has 0 unspecified atom stereocenters. The molecule has 0 N–H and O–H groups in total. The summed E-state index contributed by atoms with van der Waals surface area (Å²) >= 11 is 20.1. The van der Waals surface area contributed by atoms with Gasteiger partial charge >= 0.3 is 0 Å². The fourth-order valence-electron chi connectivity index (χ4n) is 3.37. The first-order valence-corrected chi connectivity index (χ1v) is 16.4. The van der Waals surface area contributed by atoms with E-state index < -0.39 is 25.6 Å². The number of hydrogen-bond donors (Lipinski definition) is 0. The average Bonchev–Trinajstić information content (AvgIpc) is 3.05. The van der Waals surface area contributed by atoms with Crippen LogP contribution in [0.3, 0.4) is 0 Å². The van der Waals surface area contributed by atoms with Crippen molar-refractivity contribution in [2.45, 2.75) is 43.4 Å². The molecule has 0 aliphatic carbocycles. The van der Waals surface area contributed by atoms with Crippen LogP contribution in [-0.2, 0) is 11.5 Å². The molecule has 1 aromatic heterocycles. The highest BCUT2D eigenvalue weighted by atomic mass is 35.5. The Labute approximate surface area is 213 Å². The topological polar surface area (TPSA) is 27.1 Å². The van der Waals surface area contributed by atoms with Crippen LogP contribution in [0, 0.1) is 11.6 Å². The van der Waals surface area contributed by atoms with Gasteiger partial charge in [0.15, 0.2) is 5.15 Å². The van der Waals surface area contributed by atoms with Crippen molar-refractivity contribution in [2.24, 2.45) is 0 Å². The number of hydrogen-bond acceptors (Lipinski definition) is 3. The molecule has 0 radical (unpaired) electrons. The predicted octanol–water partition coefficient (Wildman–Crippen LogP) is 8.34. The minimum absolute atomic E-state index is 0.0219. The fraction of sp³-hybridized carbons (Fsp3) is 0.348. The van der Waals surface area contributed by atoms with Gasteiger partial charge in [0.25, 0.3) is 0 Å². The molecular weight excluding hydrogens is 525 g/mol. The van der Waals surface area contributed by atoms with Crippen LogP contribution in [0.2, 0.25) is 40.9 Å². The van der Waals surface area contributed by atoms with Crippen molar-refractivity contribution in [2.75, 3.05) is 12.9 Å². The van der Waals surface area contributed by atoms with E-state index in [1.807, 2.05) is 10.8 Å². The summed E-state index contributed by atoms with van der Waals surface area (Å²) in [4.78, 5) is 4.63. The number of ether oxygens (including phenoxy) is 1. The predicted molar refractivity (Wildman–Crippen MR) is 137 cm³/mol. The van der Waals surface area contributed by atoms with Crippen molar-refractivity contribution in [1.29, 1.82) is 0 Å². The van der Waals surface area contributed by atoms with Crippen LogP contribution in [0.5, 0.6) is 0 Å². The Kier molecular flexibility index (Phi) is 8.92. The molecule has 2 aromatic carbocycles. The first kappa shape index (κ1) is 26.5. The Bertz CT molecular complexity index is 1090. The second-order valence-corrected chi connectivity index (χ2v) is 16.4. The average molecular weight is 550 g/mol. The van der Waals surface area contributed by atoms with Crippen LogP contribution in [-0.4, -0.2) is 30.5 Å². The number of rotatable bonds is 9. The Hall–Kier alpha value is -1.09. The van der Waals surface area contributed by atoms with Crippen LogP contribution >= 0.6 is 46.6 Å². The van der Waals surface area contributed by atoms with Crippen molar-refractivity contribution >= 4 is 54.6 Å². The van der Waals surface area contributed by atoms with E-state index in [2.05, 4.69) is 24.6 Å². The van der Waals surface area contributed by atoms with Crippen molar-refractivity contribution < 1.29 is 13.5 Å². The van der Waals surface area contributed by atoms with Crippen molar-refractivity contribution in [3.8, 4) is 0 Å². The van der Waals surface area contributed by atoms with E-state index in [9.17, 15) is 8.78 Å². The Morgan fingerprint density at radius 3 is 2.00 bits per heavy atom. The van der Waals surface area contributed by atoms with Crippen LogP contribution in [0.15, 0.2) is 41.4 Å². The summed E-state index contributed by atoms with van der Waals surface area (Å²) < 4.78 is 35.8. The molecule has 3 nitrogen and oxygen atoms in total. The van der Waals surface area contributed by atoms with E-state index in [0.29, 0.717) is 28.7 Å². The quantitative estimate of drug-likeness (QED) is 0.152. The molecular formula is C23H25Cl3F2N2OSSi. The highest BCUT2D eigenvalue weighted by Gasteiger charge is 2.27. The SMILES string of the molecule is CSc1c(Cl)nc(C(c2ccc(F)c(Cl)c2)c2ccc(F)c(Cl)c2)n1COCC[Si](C)(C)C. The molecule has 3 aromatic rings. The van der Waals surface area contributed by atoms with E-state index in [0.717, 1.165) is 11.1 Å². The maximum Gasteiger partial charge on any atom is 0.161 e. The minimum atomic E-state index is -1.26. The monoisotopic (exact) mass is 548 g/mol. The maximum absolute atomic E-state index is 13.9. The van der Waals surface area contributed by atoms with Gasteiger partial charge in [-0.25, -0.2) is 13.8 Å². The van der Waals surface area contributed by atoms with Gasteiger partial charge < -0.3 is 4.74 Å². The molecule has 0 aliphatic rings. The van der Waals surface area contributed by atoms with Gasteiger partial charge in [-0.2, -0.15) is 0 Å². The third-order valence-corrected chi connectivity index (χ3v) is 8.59. The van der Waals surface area contributed by atoms with Gasteiger partial charge in [0.2, 0.25) is 0 Å². The Morgan fingerprint density at radius 1 is 1.00 bits per heavy atom. The van der Waals surface area contributed by atoms with Gasteiger partial charge in [-0.15, -0.1) is 11.8 Å². The van der Waals surface area contributed by atoms with Crippen molar-refractivity contribution in [3.05, 3.63) is 80.2 Å². The van der Waals surface area contributed by atoms with Gasteiger partial charge in [0.1, 0.15) is 29.2 Å². The number of benzene rings is 2. The third-order valence-electron chi connectivity index (χ3n) is 5.13.